The highest BCUT2D eigenvalue weighted by Crippen LogP contribution is 2.35. The second-order valence-electron chi connectivity index (χ2n) is 6.65. The van der Waals surface area contributed by atoms with Crippen LogP contribution in [0.3, 0.4) is 0 Å². The molecule has 0 fully saturated rings. The third kappa shape index (κ3) is 2.61. The van der Waals surface area contributed by atoms with Crippen molar-refractivity contribution in [3.63, 3.8) is 0 Å². The number of thiazole rings is 1. The van der Waals surface area contributed by atoms with Crippen LogP contribution in [0.25, 0.3) is 21.9 Å². The van der Waals surface area contributed by atoms with Crippen molar-refractivity contribution in [1.82, 2.24) is 4.98 Å². The molecule has 0 saturated carbocycles. The number of nitrogen functional groups attached to an aromatic ring is 1. The summed E-state index contributed by atoms with van der Waals surface area (Å²) in [6, 6.07) is 23.9. The molecule has 5 rings (SSSR count). The van der Waals surface area contributed by atoms with Crippen molar-refractivity contribution in [2.75, 3.05) is 5.73 Å². The number of aryl methyl sites for hydroxylation is 2. The molecule has 0 unspecified atom stereocenters. The van der Waals surface area contributed by atoms with Gasteiger partial charge >= 0.3 is 0 Å². The Morgan fingerprint density at radius 3 is 2.19 bits per heavy atom. The van der Waals surface area contributed by atoms with Crippen molar-refractivity contribution in [3.8, 4) is 0 Å². The number of hydrogen-bond acceptors (Lipinski definition) is 3. The Morgan fingerprint density at radius 1 is 0.846 bits per heavy atom. The molecule has 4 aromatic rings. The van der Waals surface area contributed by atoms with Gasteiger partial charge in [0.2, 0.25) is 0 Å². The van der Waals surface area contributed by atoms with Crippen molar-refractivity contribution in [2.45, 2.75) is 12.8 Å². The molecule has 0 aliphatic heterocycles. The largest absolute Gasteiger partial charge is 0.375 e. The minimum absolute atomic E-state index is 0.620. The first kappa shape index (κ1) is 15.4. The Balaban J connectivity index is 1.74. The summed E-state index contributed by atoms with van der Waals surface area (Å²) >= 11 is 1.54. The van der Waals surface area contributed by atoms with Gasteiger partial charge in [0.05, 0.1) is 10.2 Å². The van der Waals surface area contributed by atoms with Gasteiger partial charge in [0.15, 0.2) is 5.13 Å². The van der Waals surface area contributed by atoms with Gasteiger partial charge in [0.25, 0.3) is 0 Å². The summed E-state index contributed by atoms with van der Waals surface area (Å²) in [7, 11) is 0. The van der Waals surface area contributed by atoms with Crippen LogP contribution in [0.4, 0.5) is 5.13 Å². The predicted molar refractivity (Wildman–Crippen MR) is 111 cm³/mol. The van der Waals surface area contributed by atoms with Crippen LogP contribution in [0.15, 0.2) is 66.7 Å². The van der Waals surface area contributed by atoms with Gasteiger partial charge in [-0.05, 0) is 64.4 Å². The average molecular weight is 354 g/mol. The minimum Gasteiger partial charge on any atom is -0.375 e. The fourth-order valence-electron chi connectivity index (χ4n) is 3.79. The van der Waals surface area contributed by atoms with E-state index in [0.29, 0.717) is 5.13 Å². The molecule has 1 aromatic heterocycles. The summed E-state index contributed by atoms with van der Waals surface area (Å²) in [5, 5.41) is 0.620. The third-order valence-electron chi connectivity index (χ3n) is 5.02. The molecule has 0 atom stereocenters. The standard InChI is InChI=1S/C23H18N2S/c24-23-25-21-12-9-15(14-22(21)26-23)13-20-18-7-3-1-5-16(18)10-11-17-6-2-4-8-19(17)20/h1-9,12-14H,10-11H2,(H2,24,25). The van der Waals surface area contributed by atoms with Crippen molar-refractivity contribution in [3.05, 3.63) is 94.5 Å². The number of nitrogens with zero attached hydrogens (tertiary/aromatic N) is 1. The summed E-state index contributed by atoms with van der Waals surface area (Å²) in [5.74, 6) is 0. The second-order valence-corrected chi connectivity index (χ2v) is 7.71. The number of rotatable bonds is 1. The lowest BCUT2D eigenvalue weighted by Gasteiger charge is -2.12. The van der Waals surface area contributed by atoms with Crippen LogP contribution < -0.4 is 5.73 Å². The van der Waals surface area contributed by atoms with Crippen LogP contribution >= 0.6 is 11.3 Å². The van der Waals surface area contributed by atoms with Crippen LogP contribution in [-0.2, 0) is 12.8 Å². The Morgan fingerprint density at radius 2 is 1.50 bits per heavy atom. The zero-order chi connectivity index (χ0) is 17.5. The van der Waals surface area contributed by atoms with Gasteiger partial charge < -0.3 is 5.73 Å². The Kier molecular flexibility index (Phi) is 3.61. The molecule has 0 amide bonds. The zero-order valence-electron chi connectivity index (χ0n) is 14.3. The maximum Gasteiger partial charge on any atom is 0.181 e. The van der Waals surface area contributed by atoms with Crippen LogP contribution in [-0.4, -0.2) is 4.98 Å². The molecule has 0 saturated heterocycles. The van der Waals surface area contributed by atoms with Crippen LogP contribution in [0.5, 0.6) is 0 Å². The Bertz CT molecular complexity index is 1100. The molecule has 0 radical (unpaired) electrons. The molecule has 1 aliphatic carbocycles. The SMILES string of the molecule is Nc1nc2ccc(C=C3c4ccccc4CCc4ccccc43)cc2s1. The summed E-state index contributed by atoms with van der Waals surface area (Å²) in [6.07, 6.45) is 4.46. The second kappa shape index (κ2) is 6.11. The third-order valence-corrected chi connectivity index (χ3v) is 5.87. The summed E-state index contributed by atoms with van der Waals surface area (Å²) < 4.78 is 1.13. The molecule has 3 aromatic carbocycles. The summed E-state index contributed by atoms with van der Waals surface area (Å²) in [6.45, 7) is 0. The van der Waals surface area contributed by atoms with Gasteiger partial charge in [0, 0.05) is 0 Å². The van der Waals surface area contributed by atoms with E-state index in [0.717, 1.165) is 23.1 Å². The van der Waals surface area contributed by atoms with Crippen LogP contribution in [0.2, 0.25) is 0 Å². The van der Waals surface area contributed by atoms with Crippen LogP contribution in [0, 0.1) is 0 Å². The van der Waals surface area contributed by atoms with E-state index in [1.807, 2.05) is 0 Å². The number of fused-ring (bicyclic) bond motifs is 3. The van der Waals surface area contributed by atoms with Gasteiger partial charge in [-0.2, -0.15) is 0 Å². The average Bonchev–Trinajstić information content (AvgIpc) is 2.96. The molecule has 126 valence electrons. The molecular formula is C23H18N2S. The first-order valence-corrected chi connectivity index (χ1v) is 9.64. The first-order valence-electron chi connectivity index (χ1n) is 8.82. The summed E-state index contributed by atoms with van der Waals surface area (Å²) in [5.41, 5.74) is 14.8. The van der Waals surface area contributed by atoms with Gasteiger partial charge in [-0.3, -0.25) is 0 Å². The molecular weight excluding hydrogens is 336 g/mol. The van der Waals surface area contributed by atoms with E-state index >= 15 is 0 Å². The van der Waals surface area contributed by atoms with Gasteiger partial charge in [-0.15, -0.1) is 0 Å². The highest BCUT2D eigenvalue weighted by atomic mass is 32.1. The van der Waals surface area contributed by atoms with Crippen molar-refractivity contribution >= 4 is 38.3 Å². The van der Waals surface area contributed by atoms with Crippen LogP contribution in [0.1, 0.15) is 27.8 Å². The molecule has 1 heterocycles. The van der Waals surface area contributed by atoms with E-state index in [-0.39, 0.29) is 0 Å². The maximum atomic E-state index is 5.86. The van der Waals surface area contributed by atoms with E-state index in [2.05, 4.69) is 77.8 Å². The smallest absolute Gasteiger partial charge is 0.181 e. The van der Waals surface area contributed by atoms with E-state index in [1.54, 1.807) is 11.3 Å². The monoisotopic (exact) mass is 354 g/mol. The molecule has 2 nitrogen and oxygen atoms in total. The van der Waals surface area contributed by atoms with E-state index < -0.39 is 0 Å². The molecule has 2 N–H and O–H groups in total. The van der Waals surface area contributed by atoms with Gasteiger partial charge in [-0.25, -0.2) is 4.98 Å². The predicted octanol–water partition coefficient (Wildman–Crippen LogP) is 5.57. The van der Waals surface area contributed by atoms with Gasteiger partial charge in [0.1, 0.15) is 0 Å². The molecule has 0 bridgehead atoms. The van der Waals surface area contributed by atoms with Gasteiger partial charge in [-0.1, -0.05) is 65.9 Å². The quantitative estimate of drug-likeness (QED) is 0.485. The van der Waals surface area contributed by atoms with Crippen molar-refractivity contribution < 1.29 is 0 Å². The molecule has 3 heteroatoms. The molecule has 1 aliphatic rings. The minimum atomic E-state index is 0.620. The first-order chi connectivity index (χ1) is 12.8. The van der Waals surface area contributed by atoms with Crippen molar-refractivity contribution in [1.29, 1.82) is 0 Å². The maximum absolute atomic E-state index is 5.86. The highest BCUT2D eigenvalue weighted by molar-refractivity contribution is 7.22. The van der Waals surface area contributed by atoms with E-state index in [4.69, 9.17) is 5.73 Å². The zero-order valence-corrected chi connectivity index (χ0v) is 15.1. The lowest BCUT2D eigenvalue weighted by molar-refractivity contribution is 0.965. The number of nitrogens with two attached hydrogens (primary N) is 1. The molecule has 26 heavy (non-hydrogen) atoms. The normalized spacial score (nSPS) is 13.2. The molecule has 0 spiro atoms. The number of benzene rings is 3. The van der Waals surface area contributed by atoms with E-state index in [9.17, 15) is 0 Å². The fraction of sp³-hybridized carbons (Fsp3) is 0.0870. The number of anilines is 1. The Hall–Kier alpha value is -2.91. The topological polar surface area (TPSA) is 38.9 Å². The lowest BCUT2D eigenvalue weighted by Crippen LogP contribution is -1.92. The van der Waals surface area contributed by atoms with E-state index in [1.165, 1.54) is 33.4 Å². The summed E-state index contributed by atoms with van der Waals surface area (Å²) in [4.78, 5) is 4.36. The fourth-order valence-corrected chi connectivity index (χ4v) is 4.57. The van der Waals surface area contributed by atoms with Crippen molar-refractivity contribution in [2.24, 2.45) is 0 Å². The number of hydrogen-bond donors (Lipinski definition) is 1. The lowest BCUT2D eigenvalue weighted by atomic mass is 9.92. The Labute approximate surface area is 156 Å². The number of aromatic nitrogens is 1. The highest BCUT2D eigenvalue weighted by Gasteiger charge is 2.17.